The van der Waals surface area contributed by atoms with E-state index in [1.807, 2.05) is 0 Å². The van der Waals surface area contributed by atoms with Crippen LogP contribution in [0.4, 0.5) is 5.13 Å². The summed E-state index contributed by atoms with van der Waals surface area (Å²) < 4.78 is 0. The first kappa shape index (κ1) is 13.0. The Hall–Kier alpha value is -0.650. The van der Waals surface area contributed by atoms with Gasteiger partial charge in [0.2, 0.25) is 0 Å². The van der Waals surface area contributed by atoms with Crippen LogP contribution >= 0.6 is 11.3 Å². The maximum atomic E-state index is 9.56. The third-order valence-corrected chi connectivity index (χ3v) is 6.01. The summed E-state index contributed by atoms with van der Waals surface area (Å²) in [5.41, 5.74) is 1.19. The molecule has 0 bridgehead atoms. The zero-order valence-electron chi connectivity index (χ0n) is 11.9. The molecule has 0 aromatic carbocycles. The lowest BCUT2D eigenvalue weighted by Gasteiger charge is -2.25. The highest BCUT2D eigenvalue weighted by molar-refractivity contribution is 7.15. The molecule has 2 saturated heterocycles. The Morgan fingerprint density at radius 2 is 2.00 bits per heavy atom. The van der Waals surface area contributed by atoms with Crippen LogP contribution in [-0.2, 0) is 6.61 Å². The van der Waals surface area contributed by atoms with Crippen LogP contribution < -0.4 is 4.90 Å². The summed E-state index contributed by atoms with van der Waals surface area (Å²) in [4.78, 5) is 11.1. The van der Waals surface area contributed by atoms with Crippen LogP contribution in [-0.4, -0.2) is 47.2 Å². The number of anilines is 1. The lowest BCUT2D eigenvalue weighted by molar-refractivity contribution is 0.273. The number of hydrogen-bond donors (Lipinski definition) is 1. The molecule has 0 amide bonds. The number of rotatable bonds is 3. The summed E-state index contributed by atoms with van der Waals surface area (Å²) >= 11 is 1.72. The first-order valence-electron chi connectivity index (χ1n) is 7.94. The van der Waals surface area contributed by atoms with Gasteiger partial charge >= 0.3 is 0 Å². The van der Waals surface area contributed by atoms with Crippen LogP contribution in [0.3, 0.4) is 0 Å². The van der Waals surface area contributed by atoms with Gasteiger partial charge in [0, 0.05) is 31.6 Å². The minimum absolute atomic E-state index is 0.160. The van der Waals surface area contributed by atoms with Crippen molar-refractivity contribution in [2.75, 3.05) is 31.1 Å². The molecule has 3 fully saturated rings. The fraction of sp³-hybridized carbons (Fsp3) is 0.800. The highest BCUT2D eigenvalue weighted by atomic mass is 32.1. The van der Waals surface area contributed by atoms with E-state index in [1.54, 1.807) is 11.3 Å². The normalized spacial score (nSPS) is 27.6. The molecular formula is C15H23N3OS. The van der Waals surface area contributed by atoms with E-state index in [4.69, 9.17) is 4.98 Å². The van der Waals surface area contributed by atoms with Crippen molar-refractivity contribution in [2.24, 2.45) is 0 Å². The van der Waals surface area contributed by atoms with E-state index in [2.05, 4.69) is 9.80 Å². The summed E-state index contributed by atoms with van der Waals surface area (Å²) in [5.74, 6) is 0.636. The molecule has 5 heteroatoms. The lowest BCUT2D eigenvalue weighted by atomic mass is 10.2. The first-order chi connectivity index (χ1) is 9.85. The Morgan fingerprint density at radius 3 is 2.80 bits per heavy atom. The van der Waals surface area contributed by atoms with Gasteiger partial charge < -0.3 is 10.0 Å². The molecule has 4 nitrogen and oxygen atoms in total. The quantitative estimate of drug-likeness (QED) is 0.927. The molecule has 1 saturated carbocycles. The second-order valence-corrected chi connectivity index (χ2v) is 7.43. The van der Waals surface area contributed by atoms with Gasteiger partial charge in [0.25, 0.3) is 0 Å². The molecule has 20 heavy (non-hydrogen) atoms. The molecular weight excluding hydrogens is 270 g/mol. The Balaban J connectivity index is 1.56. The van der Waals surface area contributed by atoms with Gasteiger partial charge in [-0.3, -0.25) is 4.90 Å². The molecule has 1 atom stereocenters. The second-order valence-electron chi connectivity index (χ2n) is 6.37. The maximum absolute atomic E-state index is 9.56. The maximum Gasteiger partial charge on any atom is 0.185 e. The van der Waals surface area contributed by atoms with Crippen molar-refractivity contribution >= 4 is 16.5 Å². The molecule has 1 aromatic rings. The number of aliphatic hydroxyl groups excluding tert-OH is 1. The molecule has 3 aliphatic rings. The predicted octanol–water partition coefficient (Wildman–Crippen LogP) is 2.19. The van der Waals surface area contributed by atoms with Crippen LogP contribution in [0.5, 0.6) is 0 Å². The largest absolute Gasteiger partial charge is 0.391 e. The summed E-state index contributed by atoms with van der Waals surface area (Å²) in [6.07, 6.45) is 6.44. The fourth-order valence-electron chi connectivity index (χ4n) is 3.66. The topological polar surface area (TPSA) is 39.6 Å². The Bertz CT molecular complexity index is 485. The Kier molecular flexibility index (Phi) is 3.44. The van der Waals surface area contributed by atoms with Crippen molar-refractivity contribution in [3.05, 3.63) is 10.6 Å². The van der Waals surface area contributed by atoms with E-state index in [0.29, 0.717) is 5.92 Å². The molecule has 3 heterocycles. The van der Waals surface area contributed by atoms with Gasteiger partial charge in [-0.1, -0.05) is 11.3 Å². The number of thiazole rings is 1. The van der Waals surface area contributed by atoms with E-state index in [0.717, 1.165) is 29.1 Å². The molecule has 0 spiro atoms. The van der Waals surface area contributed by atoms with Crippen LogP contribution in [0.25, 0.3) is 0 Å². The zero-order valence-corrected chi connectivity index (χ0v) is 12.7. The first-order valence-corrected chi connectivity index (χ1v) is 8.76. The number of fused-ring (bicyclic) bond motifs is 1. The molecule has 1 aliphatic carbocycles. The zero-order chi connectivity index (χ0) is 13.5. The molecule has 1 unspecified atom stereocenters. The Labute approximate surface area is 124 Å². The molecule has 4 rings (SSSR count). The van der Waals surface area contributed by atoms with Crippen LogP contribution in [0.1, 0.15) is 48.6 Å². The molecule has 110 valence electrons. The smallest absolute Gasteiger partial charge is 0.185 e. The molecule has 1 N–H and O–H groups in total. The molecule has 1 aromatic heterocycles. The second kappa shape index (κ2) is 5.28. The number of aromatic nitrogens is 1. The van der Waals surface area contributed by atoms with Crippen molar-refractivity contribution in [3.63, 3.8) is 0 Å². The van der Waals surface area contributed by atoms with Gasteiger partial charge in [-0.15, -0.1) is 0 Å². The van der Waals surface area contributed by atoms with Crippen molar-refractivity contribution in [1.82, 2.24) is 9.88 Å². The van der Waals surface area contributed by atoms with Gasteiger partial charge in [0.1, 0.15) is 0 Å². The number of aliphatic hydroxyl groups is 1. The minimum Gasteiger partial charge on any atom is -0.391 e. The average Bonchev–Trinajstić information content (AvgIpc) is 3.13. The number of nitrogens with zero attached hydrogens (tertiary/aromatic N) is 3. The predicted molar refractivity (Wildman–Crippen MR) is 81.4 cm³/mol. The van der Waals surface area contributed by atoms with Crippen LogP contribution in [0, 0.1) is 0 Å². The van der Waals surface area contributed by atoms with E-state index >= 15 is 0 Å². The fourth-order valence-corrected chi connectivity index (χ4v) is 4.70. The van der Waals surface area contributed by atoms with Crippen molar-refractivity contribution in [1.29, 1.82) is 0 Å². The van der Waals surface area contributed by atoms with Gasteiger partial charge in [-0.05, 0) is 38.6 Å². The van der Waals surface area contributed by atoms with E-state index < -0.39 is 0 Å². The van der Waals surface area contributed by atoms with E-state index in [1.165, 1.54) is 50.9 Å². The number of hydrogen-bond acceptors (Lipinski definition) is 5. The summed E-state index contributed by atoms with van der Waals surface area (Å²) in [7, 11) is 0. The Morgan fingerprint density at radius 1 is 1.15 bits per heavy atom. The van der Waals surface area contributed by atoms with Crippen LogP contribution in [0.2, 0.25) is 0 Å². The summed E-state index contributed by atoms with van der Waals surface area (Å²) in [6.45, 7) is 4.94. The standard InChI is InChI=1S/C15H23N3OS/c19-10-13-14(11-4-5-11)16-15(20-13)18-8-2-7-17-6-1-3-12(17)9-18/h11-12,19H,1-10H2. The summed E-state index contributed by atoms with van der Waals surface area (Å²) in [6, 6.07) is 0.725. The highest BCUT2D eigenvalue weighted by Crippen LogP contribution is 2.44. The van der Waals surface area contributed by atoms with Gasteiger partial charge in [-0.25, -0.2) is 4.98 Å². The monoisotopic (exact) mass is 293 g/mol. The SMILES string of the molecule is OCc1sc(N2CCCN3CCCC3C2)nc1C1CC1. The lowest BCUT2D eigenvalue weighted by Crippen LogP contribution is -2.36. The van der Waals surface area contributed by atoms with E-state index in [9.17, 15) is 5.11 Å². The van der Waals surface area contributed by atoms with Gasteiger partial charge in [0.15, 0.2) is 5.13 Å². The van der Waals surface area contributed by atoms with Gasteiger partial charge in [0.05, 0.1) is 17.2 Å². The van der Waals surface area contributed by atoms with E-state index in [-0.39, 0.29) is 6.61 Å². The van der Waals surface area contributed by atoms with Crippen molar-refractivity contribution < 1.29 is 5.11 Å². The average molecular weight is 293 g/mol. The van der Waals surface area contributed by atoms with Crippen LogP contribution in [0.15, 0.2) is 0 Å². The molecule has 0 radical (unpaired) electrons. The molecule has 2 aliphatic heterocycles. The third kappa shape index (κ3) is 2.36. The minimum atomic E-state index is 0.160. The van der Waals surface area contributed by atoms with Crippen molar-refractivity contribution in [2.45, 2.75) is 50.7 Å². The van der Waals surface area contributed by atoms with Gasteiger partial charge in [-0.2, -0.15) is 0 Å². The summed E-state index contributed by atoms with van der Waals surface area (Å²) in [5, 5.41) is 10.7. The highest BCUT2D eigenvalue weighted by Gasteiger charge is 2.33. The third-order valence-electron chi connectivity index (χ3n) is 4.90. The van der Waals surface area contributed by atoms with Crippen molar-refractivity contribution in [3.8, 4) is 0 Å².